The molecule has 3 N–H and O–H groups in total. The van der Waals surface area contributed by atoms with Gasteiger partial charge in [0.25, 0.3) is 5.91 Å². The Balaban J connectivity index is 1.13. The van der Waals surface area contributed by atoms with Gasteiger partial charge in [-0.25, -0.2) is 18.2 Å². The van der Waals surface area contributed by atoms with Gasteiger partial charge in [0.15, 0.2) is 5.13 Å². The quantitative estimate of drug-likeness (QED) is 0.276. The van der Waals surface area contributed by atoms with Gasteiger partial charge in [-0.15, -0.1) is 11.3 Å². The SMILES string of the molecule is CCc1cnc(N[C@H](C(=O)N2C[C@H](OC(=O)N3Cc4cccc(Cl)c4C3)C[C@H]2C(=O)N[C@]2(C(=O)NS(=O)(=O)C3CC3)C[C@H]2CC)C2CCCCC2)s1. The Bertz CT molecular complexity index is 1830. The number of aromatic nitrogens is 1. The Kier molecular flexibility index (Phi) is 10.5. The molecule has 4 amide bonds. The third-order valence-corrected chi connectivity index (χ3v) is 14.7. The third kappa shape index (κ3) is 7.50. The van der Waals surface area contributed by atoms with E-state index in [1.807, 2.05) is 26.0 Å². The van der Waals surface area contributed by atoms with Gasteiger partial charge in [-0.05, 0) is 67.6 Å². The van der Waals surface area contributed by atoms with Crippen molar-refractivity contribution in [1.29, 1.82) is 0 Å². The molecule has 2 aliphatic heterocycles. The van der Waals surface area contributed by atoms with Crippen LogP contribution in [0.2, 0.25) is 5.02 Å². The Morgan fingerprint density at radius 3 is 2.52 bits per heavy atom. The predicted molar refractivity (Wildman–Crippen MR) is 196 cm³/mol. The van der Waals surface area contributed by atoms with Crippen LogP contribution in [0.4, 0.5) is 9.93 Å². The summed E-state index contributed by atoms with van der Waals surface area (Å²) < 4.78 is 33.7. The number of rotatable bonds is 12. The number of carbonyl (C=O) groups is 4. The molecule has 16 heteroatoms. The molecule has 4 fully saturated rings. The van der Waals surface area contributed by atoms with Crippen LogP contribution in [-0.4, -0.2) is 82.5 Å². The summed E-state index contributed by atoms with van der Waals surface area (Å²) in [4.78, 5) is 64.8. The van der Waals surface area contributed by atoms with Crippen molar-refractivity contribution in [2.24, 2.45) is 11.8 Å². The molecule has 7 rings (SSSR count). The number of hydrogen-bond acceptors (Lipinski definition) is 10. The molecule has 0 unspecified atom stereocenters. The second kappa shape index (κ2) is 14.8. The zero-order chi connectivity index (χ0) is 36.8. The molecule has 3 saturated carbocycles. The van der Waals surface area contributed by atoms with Crippen molar-refractivity contribution in [2.75, 3.05) is 11.9 Å². The van der Waals surface area contributed by atoms with E-state index in [-0.39, 0.29) is 43.7 Å². The van der Waals surface area contributed by atoms with Gasteiger partial charge in [0.05, 0.1) is 18.3 Å². The van der Waals surface area contributed by atoms with E-state index < -0.39 is 56.9 Å². The van der Waals surface area contributed by atoms with Gasteiger partial charge in [0.1, 0.15) is 23.7 Å². The molecule has 1 saturated heterocycles. The summed E-state index contributed by atoms with van der Waals surface area (Å²) in [6.45, 7) is 4.53. The number of thiazole rings is 1. The number of carbonyl (C=O) groups excluding carboxylic acids is 4. The van der Waals surface area contributed by atoms with Crippen molar-refractivity contribution in [1.82, 2.24) is 24.8 Å². The molecule has 13 nitrogen and oxygen atoms in total. The molecular weight excluding hydrogens is 728 g/mol. The molecular formula is C36H47ClN6O7S2. The molecule has 52 heavy (non-hydrogen) atoms. The van der Waals surface area contributed by atoms with E-state index in [0.717, 1.165) is 54.5 Å². The van der Waals surface area contributed by atoms with E-state index >= 15 is 0 Å². The van der Waals surface area contributed by atoms with Crippen LogP contribution in [0, 0.1) is 11.8 Å². The van der Waals surface area contributed by atoms with Crippen LogP contribution in [0.3, 0.4) is 0 Å². The number of fused-ring (bicyclic) bond motifs is 1. The van der Waals surface area contributed by atoms with Crippen molar-refractivity contribution in [3.8, 4) is 0 Å². The second-order valence-corrected chi connectivity index (χ2v) is 18.4. The highest BCUT2D eigenvalue weighted by molar-refractivity contribution is 7.91. The average Bonchev–Trinajstić information content (AvgIpc) is 3.94. The third-order valence-electron chi connectivity index (χ3n) is 11.4. The number of nitrogens with zero attached hydrogens (tertiary/aromatic N) is 3. The Hall–Kier alpha value is -3.43. The summed E-state index contributed by atoms with van der Waals surface area (Å²) in [7, 11) is -3.85. The zero-order valence-electron chi connectivity index (χ0n) is 29.6. The number of benzene rings is 1. The van der Waals surface area contributed by atoms with Crippen molar-refractivity contribution in [3.63, 3.8) is 0 Å². The Morgan fingerprint density at radius 1 is 1.10 bits per heavy atom. The molecule has 1 aromatic carbocycles. The highest BCUT2D eigenvalue weighted by Crippen LogP contribution is 2.47. The van der Waals surface area contributed by atoms with Gasteiger partial charge >= 0.3 is 6.09 Å². The van der Waals surface area contributed by atoms with E-state index in [1.54, 1.807) is 17.2 Å². The van der Waals surface area contributed by atoms with E-state index in [4.69, 9.17) is 16.3 Å². The summed E-state index contributed by atoms with van der Waals surface area (Å²) in [6, 6.07) is 3.80. The second-order valence-electron chi connectivity index (χ2n) is 14.9. The molecule has 0 bridgehead atoms. The highest BCUT2D eigenvalue weighted by atomic mass is 35.5. The fourth-order valence-corrected chi connectivity index (χ4v) is 10.5. The Morgan fingerprint density at radius 2 is 1.87 bits per heavy atom. The number of ether oxygens (including phenoxy) is 1. The predicted octanol–water partition coefficient (Wildman–Crippen LogP) is 4.73. The normalized spacial score (nSPS) is 26.4. The maximum Gasteiger partial charge on any atom is 0.410 e. The number of sulfonamides is 1. The van der Waals surface area contributed by atoms with E-state index in [0.29, 0.717) is 36.0 Å². The minimum absolute atomic E-state index is 0.00560. The lowest BCUT2D eigenvalue weighted by Gasteiger charge is -2.34. The first-order valence-corrected chi connectivity index (χ1v) is 21.3. The molecule has 0 radical (unpaired) electrons. The number of anilines is 1. The monoisotopic (exact) mass is 774 g/mol. The highest BCUT2D eigenvalue weighted by Gasteiger charge is 2.62. The van der Waals surface area contributed by atoms with Gasteiger partial charge in [0.2, 0.25) is 21.8 Å². The molecule has 282 valence electrons. The molecule has 2 aromatic rings. The largest absolute Gasteiger partial charge is 0.444 e. The van der Waals surface area contributed by atoms with E-state index in [2.05, 4.69) is 20.3 Å². The zero-order valence-corrected chi connectivity index (χ0v) is 32.0. The fraction of sp³-hybridized carbons (Fsp3) is 0.639. The van der Waals surface area contributed by atoms with Crippen LogP contribution in [0.25, 0.3) is 0 Å². The standard InChI is InChI=1S/C36H47ClN6O7S2/c1-3-23-16-36(23,33(46)41-52(48,49)26-13-14-26)40-31(44)29-15-24(50-35(47)42-18-22-11-8-12-28(37)27(22)20-42)19-43(29)32(45)30(21-9-6-5-7-10-21)39-34-38-17-25(4-2)51-34/h8,11-12,17,21,23-24,26,29-30H,3-7,9-10,13-16,18-20H2,1-2H3,(H,38,39)(H,40,44)(H,41,46)/t23-,24-,29+,30+,36-/m1/s1. The number of hydrogen-bond donors (Lipinski definition) is 3. The molecule has 5 atom stereocenters. The van der Waals surface area contributed by atoms with Crippen molar-refractivity contribution < 1.29 is 32.3 Å². The maximum atomic E-state index is 14.8. The van der Waals surface area contributed by atoms with Crippen LogP contribution in [-0.2, 0) is 48.7 Å². The Labute approximate surface area is 313 Å². The molecule has 0 spiro atoms. The van der Waals surface area contributed by atoms with Crippen LogP contribution in [0.15, 0.2) is 24.4 Å². The topological polar surface area (TPSA) is 167 Å². The molecule has 3 aliphatic carbocycles. The summed E-state index contributed by atoms with van der Waals surface area (Å²) >= 11 is 7.89. The summed E-state index contributed by atoms with van der Waals surface area (Å²) in [5, 5.41) is 6.92. The fourth-order valence-electron chi connectivity index (χ4n) is 8.10. The van der Waals surface area contributed by atoms with E-state index in [1.165, 1.54) is 16.2 Å². The minimum atomic E-state index is -3.85. The van der Waals surface area contributed by atoms with Gasteiger partial charge in [-0.1, -0.05) is 63.3 Å². The van der Waals surface area contributed by atoms with Crippen molar-refractivity contribution in [2.45, 2.75) is 127 Å². The minimum Gasteiger partial charge on any atom is -0.444 e. The lowest BCUT2D eigenvalue weighted by atomic mass is 9.83. The van der Waals surface area contributed by atoms with Crippen molar-refractivity contribution >= 4 is 61.9 Å². The number of aryl methyl sites for hydroxylation is 1. The van der Waals surface area contributed by atoms with Crippen LogP contribution in [0.5, 0.6) is 0 Å². The lowest BCUT2D eigenvalue weighted by Crippen LogP contribution is -2.58. The summed E-state index contributed by atoms with van der Waals surface area (Å²) in [5.41, 5.74) is 0.386. The van der Waals surface area contributed by atoms with Gasteiger partial charge in [0, 0.05) is 29.1 Å². The molecule has 1 aromatic heterocycles. The van der Waals surface area contributed by atoms with Crippen LogP contribution in [0.1, 0.15) is 94.1 Å². The van der Waals surface area contributed by atoms with Gasteiger partial charge in [-0.2, -0.15) is 0 Å². The van der Waals surface area contributed by atoms with Crippen molar-refractivity contribution in [3.05, 3.63) is 45.4 Å². The maximum absolute atomic E-state index is 14.8. The first kappa shape index (κ1) is 36.9. The summed E-state index contributed by atoms with van der Waals surface area (Å²) in [6.07, 6.45) is 7.83. The first-order valence-electron chi connectivity index (χ1n) is 18.5. The average molecular weight is 775 g/mol. The first-order chi connectivity index (χ1) is 24.9. The van der Waals surface area contributed by atoms with Gasteiger partial charge < -0.3 is 20.3 Å². The molecule has 5 aliphatic rings. The number of nitrogens with one attached hydrogen (secondary N) is 3. The number of halogens is 1. The summed E-state index contributed by atoms with van der Waals surface area (Å²) in [5.74, 6) is -1.87. The van der Waals surface area contributed by atoms with Crippen LogP contribution >= 0.6 is 22.9 Å². The molecule has 3 heterocycles. The van der Waals surface area contributed by atoms with Crippen LogP contribution < -0.4 is 15.4 Å². The number of amides is 4. The number of likely N-dealkylation sites (tertiary alicyclic amines) is 1. The smallest absolute Gasteiger partial charge is 0.410 e. The van der Waals surface area contributed by atoms with Gasteiger partial charge in [-0.3, -0.25) is 24.0 Å². The lowest BCUT2D eigenvalue weighted by molar-refractivity contribution is -0.141. The van der Waals surface area contributed by atoms with E-state index in [9.17, 15) is 27.6 Å².